The number of amides is 3. The summed E-state index contributed by atoms with van der Waals surface area (Å²) in [5.74, 6) is -1.67. The first-order valence-corrected chi connectivity index (χ1v) is 14.0. The van der Waals surface area contributed by atoms with E-state index in [2.05, 4.69) is 17.6 Å². The molecule has 0 aliphatic carbocycles. The summed E-state index contributed by atoms with van der Waals surface area (Å²) < 4.78 is -1.12. The van der Waals surface area contributed by atoms with Crippen LogP contribution in [0.1, 0.15) is 38.2 Å². The summed E-state index contributed by atoms with van der Waals surface area (Å²) in [7, 11) is 0. The summed E-state index contributed by atoms with van der Waals surface area (Å²) in [5.41, 5.74) is 1.49. The van der Waals surface area contributed by atoms with Gasteiger partial charge in [-0.3, -0.25) is 14.4 Å². The smallest absolute Gasteiger partial charge is 0.248 e. The predicted octanol–water partition coefficient (Wildman–Crippen LogP) is 3.85. The maximum absolute atomic E-state index is 14.0. The number of aliphatic hydroxyl groups excluding tert-OH is 1. The van der Waals surface area contributed by atoms with Gasteiger partial charge in [-0.15, -0.1) is 11.8 Å². The molecule has 37 heavy (non-hydrogen) atoms. The van der Waals surface area contributed by atoms with Crippen LogP contribution in [0.3, 0.4) is 0 Å². The molecule has 3 fully saturated rings. The molecule has 3 aliphatic heterocycles. The molecular weight excluding hydrogens is 510 g/mol. The second-order valence-corrected chi connectivity index (χ2v) is 12.7. The lowest BCUT2D eigenvalue weighted by atomic mass is 9.66. The van der Waals surface area contributed by atoms with Crippen LogP contribution in [-0.4, -0.2) is 56.4 Å². The van der Waals surface area contributed by atoms with Crippen LogP contribution in [0.25, 0.3) is 0 Å². The van der Waals surface area contributed by atoms with Gasteiger partial charge in [0.2, 0.25) is 17.7 Å². The standard InChI is InChI=1S/C28H32ClN3O4S/c1-27-13-14-28(37-27)22(21(27)24(34)30-17-18-9-3-2-4-10-18)26(36)32(15-7-8-16-33)23(28)25(35)31-20-12-6-5-11-19(20)29/h2-6,9-12,21-23,33H,7-8,13-17H2,1H3,(H,30,34)(H,31,35)/t21-,22+,23?,27+,28?/m1/s1. The highest BCUT2D eigenvalue weighted by atomic mass is 35.5. The highest BCUT2D eigenvalue weighted by Gasteiger charge is 2.77. The fraction of sp³-hybridized carbons (Fsp3) is 0.464. The monoisotopic (exact) mass is 541 g/mol. The maximum Gasteiger partial charge on any atom is 0.248 e. The first kappa shape index (κ1) is 26.1. The molecule has 5 rings (SSSR count). The molecule has 2 unspecified atom stereocenters. The normalized spacial score (nSPS) is 29.9. The van der Waals surface area contributed by atoms with Crippen molar-refractivity contribution in [2.24, 2.45) is 11.8 Å². The second-order valence-electron chi connectivity index (χ2n) is 10.4. The number of fused-ring (bicyclic) bond motifs is 1. The number of anilines is 1. The number of hydrogen-bond donors (Lipinski definition) is 3. The molecule has 0 aromatic heterocycles. The Balaban J connectivity index is 1.45. The van der Waals surface area contributed by atoms with Crippen molar-refractivity contribution in [2.75, 3.05) is 18.5 Å². The summed E-state index contributed by atoms with van der Waals surface area (Å²) in [6.07, 6.45) is 2.55. The zero-order valence-electron chi connectivity index (χ0n) is 20.8. The number of rotatable bonds is 9. The first-order valence-electron chi connectivity index (χ1n) is 12.8. The third-order valence-corrected chi connectivity index (χ3v) is 10.4. The van der Waals surface area contributed by atoms with E-state index in [1.165, 1.54) is 0 Å². The zero-order valence-corrected chi connectivity index (χ0v) is 22.4. The largest absolute Gasteiger partial charge is 0.396 e. The molecule has 5 atom stereocenters. The van der Waals surface area contributed by atoms with Gasteiger partial charge < -0.3 is 20.6 Å². The molecule has 1 spiro atoms. The highest BCUT2D eigenvalue weighted by Crippen LogP contribution is 2.71. The number of halogens is 1. The van der Waals surface area contributed by atoms with Gasteiger partial charge in [-0.05, 0) is 50.3 Å². The van der Waals surface area contributed by atoms with E-state index in [0.29, 0.717) is 43.1 Å². The number of aliphatic hydroxyl groups is 1. The van der Waals surface area contributed by atoms with Crippen LogP contribution < -0.4 is 10.6 Å². The van der Waals surface area contributed by atoms with E-state index >= 15 is 0 Å². The van der Waals surface area contributed by atoms with Crippen LogP contribution in [0.2, 0.25) is 5.02 Å². The van der Waals surface area contributed by atoms with Crippen LogP contribution in [0.15, 0.2) is 54.6 Å². The number of hydrogen-bond acceptors (Lipinski definition) is 5. The number of thioether (sulfide) groups is 1. The number of unbranched alkanes of at least 4 members (excludes halogenated alkanes) is 1. The number of nitrogens with one attached hydrogen (secondary N) is 2. The van der Waals surface area contributed by atoms with Crippen molar-refractivity contribution in [3.05, 3.63) is 65.2 Å². The number of carbonyl (C=O) groups excluding carboxylic acids is 3. The predicted molar refractivity (Wildman–Crippen MR) is 145 cm³/mol. The Hall–Kier alpha value is -2.55. The van der Waals surface area contributed by atoms with Crippen LogP contribution in [0.5, 0.6) is 0 Å². The number of nitrogens with zero attached hydrogens (tertiary/aromatic N) is 1. The minimum atomic E-state index is -0.723. The van der Waals surface area contributed by atoms with Gasteiger partial charge in [0, 0.05) is 24.4 Å². The lowest BCUT2D eigenvalue weighted by Gasteiger charge is -2.35. The molecule has 3 saturated heterocycles. The summed E-state index contributed by atoms with van der Waals surface area (Å²) >= 11 is 7.96. The van der Waals surface area contributed by atoms with E-state index in [-0.39, 0.29) is 24.3 Å². The Bertz CT molecular complexity index is 1200. The third kappa shape index (κ3) is 4.53. The number of para-hydroxylation sites is 1. The average molecular weight is 542 g/mol. The van der Waals surface area contributed by atoms with Crippen molar-refractivity contribution in [1.82, 2.24) is 10.2 Å². The van der Waals surface area contributed by atoms with Gasteiger partial charge in [-0.25, -0.2) is 0 Å². The molecule has 196 valence electrons. The molecule has 3 amide bonds. The first-order chi connectivity index (χ1) is 17.8. The van der Waals surface area contributed by atoms with E-state index in [1.807, 2.05) is 30.3 Å². The SMILES string of the molecule is C[C@@]12CCC3(S1)C(C(=O)Nc1ccccc1Cl)N(CCCCO)C(=O)[C@@H]3[C@@H]2C(=O)NCc1ccccc1. The van der Waals surface area contributed by atoms with Crippen LogP contribution >= 0.6 is 23.4 Å². The summed E-state index contributed by atoms with van der Waals surface area (Å²) in [6, 6.07) is 16.0. The molecule has 2 bridgehead atoms. The molecule has 9 heteroatoms. The topological polar surface area (TPSA) is 98.7 Å². The van der Waals surface area contributed by atoms with Crippen LogP contribution in [0, 0.1) is 11.8 Å². The van der Waals surface area contributed by atoms with E-state index in [4.69, 9.17) is 11.6 Å². The highest BCUT2D eigenvalue weighted by molar-refractivity contribution is 8.02. The lowest BCUT2D eigenvalue weighted by Crippen LogP contribution is -2.52. The van der Waals surface area contributed by atoms with Crippen LogP contribution in [-0.2, 0) is 20.9 Å². The van der Waals surface area contributed by atoms with Gasteiger partial charge in [0.25, 0.3) is 0 Å². The minimum Gasteiger partial charge on any atom is -0.396 e. The zero-order chi connectivity index (χ0) is 26.2. The summed E-state index contributed by atoms with van der Waals surface area (Å²) in [6.45, 7) is 2.82. The Morgan fingerprint density at radius 3 is 2.54 bits per heavy atom. The fourth-order valence-electron chi connectivity index (χ4n) is 6.42. The van der Waals surface area contributed by atoms with Crippen molar-refractivity contribution in [2.45, 2.75) is 54.7 Å². The van der Waals surface area contributed by atoms with Gasteiger partial charge in [0.05, 0.1) is 27.3 Å². The van der Waals surface area contributed by atoms with Gasteiger partial charge in [-0.2, -0.15) is 0 Å². The summed E-state index contributed by atoms with van der Waals surface area (Å²) in [5, 5.41) is 15.8. The Morgan fingerprint density at radius 2 is 1.81 bits per heavy atom. The Kier molecular flexibility index (Phi) is 7.27. The molecule has 0 radical (unpaired) electrons. The van der Waals surface area contributed by atoms with Crippen molar-refractivity contribution in [3.63, 3.8) is 0 Å². The van der Waals surface area contributed by atoms with Crippen molar-refractivity contribution >= 4 is 46.8 Å². The molecule has 3 heterocycles. The van der Waals surface area contributed by atoms with E-state index < -0.39 is 27.4 Å². The van der Waals surface area contributed by atoms with Crippen molar-refractivity contribution in [1.29, 1.82) is 0 Å². The molecule has 3 aliphatic rings. The van der Waals surface area contributed by atoms with Crippen LogP contribution in [0.4, 0.5) is 5.69 Å². The third-order valence-electron chi connectivity index (χ3n) is 8.06. The molecule has 0 saturated carbocycles. The van der Waals surface area contributed by atoms with Crippen molar-refractivity contribution in [3.8, 4) is 0 Å². The maximum atomic E-state index is 14.0. The van der Waals surface area contributed by atoms with Crippen molar-refractivity contribution < 1.29 is 19.5 Å². The van der Waals surface area contributed by atoms with E-state index in [1.54, 1.807) is 40.9 Å². The molecule has 3 N–H and O–H groups in total. The van der Waals surface area contributed by atoms with E-state index in [9.17, 15) is 19.5 Å². The molecule has 7 nitrogen and oxygen atoms in total. The van der Waals surface area contributed by atoms with E-state index in [0.717, 1.165) is 12.0 Å². The number of carbonyl (C=O) groups is 3. The quantitative estimate of drug-likeness (QED) is 0.419. The number of benzene rings is 2. The summed E-state index contributed by atoms with van der Waals surface area (Å²) in [4.78, 5) is 43.1. The van der Waals surface area contributed by atoms with Gasteiger partial charge in [0.1, 0.15) is 6.04 Å². The average Bonchev–Trinajstić information content (AvgIpc) is 3.45. The van der Waals surface area contributed by atoms with Gasteiger partial charge >= 0.3 is 0 Å². The molecule has 2 aromatic rings. The molecular formula is C28H32ClN3O4S. The fourth-order valence-corrected chi connectivity index (χ4v) is 8.96. The second kappa shape index (κ2) is 10.3. The van der Waals surface area contributed by atoms with Gasteiger partial charge in [-0.1, -0.05) is 54.1 Å². The van der Waals surface area contributed by atoms with Gasteiger partial charge in [0.15, 0.2) is 0 Å². The lowest BCUT2D eigenvalue weighted by molar-refractivity contribution is -0.140. The molecule has 2 aromatic carbocycles. The Morgan fingerprint density at radius 1 is 1.08 bits per heavy atom. The number of likely N-dealkylation sites (tertiary alicyclic amines) is 1. The minimum absolute atomic E-state index is 0.0183. The Labute approximate surface area is 226 Å².